The molecule has 7 rings (SSSR count). The molecule has 0 spiro atoms. The van der Waals surface area contributed by atoms with Gasteiger partial charge in [-0.3, -0.25) is 4.79 Å². The highest BCUT2D eigenvalue weighted by Crippen LogP contribution is 2.61. The summed E-state index contributed by atoms with van der Waals surface area (Å²) in [6.45, 7) is 13.2. The first-order valence-corrected chi connectivity index (χ1v) is 14.6. The first-order valence-electron chi connectivity index (χ1n) is 14.6. The second kappa shape index (κ2) is 10.0. The summed E-state index contributed by atoms with van der Waals surface area (Å²) in [5.41, 5.74) is 4.38. The Kier molecular flexibility index (Phi) is 6.71. The number of anilines is 1. The van der Waals surface area contributed by atoms with Crippen LogP contribution in [0.5, 0.6) is 0 Å². The molecule has 2 aromatic rings. The molecule has 2 N–H and O–H groups in total. The van der Waals surface area contributed by atoms with Crippen LogP contribution in [0.4, 0.5) is 11.4 Å². The zero-order valence-electron chi connectivity index (χ0n) is 23.4. The van der Waals surface area contributed by atoms with Gasteiger partial charge in [0.25, 0.3) is 5.91 Å². The molecule has 2 heterocycles. The second-order valence-corrected chi connectivity index (χ2v) is 12.7. The van der Waals surface area contributed by atoms with E-state index in [0.717, 1.165) is 68.2 Å². The number of amides is 1. The Morgan fingerprint density at radius 1 is 1.05 bits per heavy atom. The minimum absolute atomic E-state index is 0.0693. The molecule has 6 heteroatoms. The van der Waals surface area contributed by atoms with Gasteiger partial charge in [-0.15, -0.1) is 0 Å². The number of hydrogen-bond acceptors (Lipinski definition) is 3. The molecule has 6 nitrogen and oxygen atoms in total. The number of aliphatic imine (C=N–C) groups is 1. The number of rotatable bonds is 3. The monoisotopic (exact) mass is 513 g/mol. The molecule has 5 atom stereocenters. The third kappa shape index (κ3) is 4.61. The van der Waals surface area contributed by atoms with Gasteiger partial charge in [0.15, 0.2) is 5.96 Å². The van der Waals surface area contributed by atoms with Crippen molar-refractivity contribution in [2.45, 2.75) is 65.5 Å². The van der Waals surface area contributed by atoms with Gasteiger partial charge in [0.1, 0.15) is 0 Å². The number of para-hydroxylation sites is 1. The summed E-state index contributed by atoms with van der Waals surface area (Å²) in [6, 6.07) is 17.0. The van der Waals surface area contributed by atoms with Crippen molar-refractivity contribution in [1.82, 2.24) is 15.5 Å². The molecule has 0 unspecified atom stereocenters. The predicted octanol–water partition coefficient (Wildman–Crippen LogP) is 5.22. The van der Waals surface area contributed by atoms with Gasteiger partial charge in [0.05, 0.1) is 5.69 Å². The molecular formula is C32H43N5O. The van der Waals surface area contributed by atoms with Crippen LogP contribution >= 0.6 is 0 Å². The van der Waals surface area contributed by atoms with Crippen LogP contribution in [0, 0.1) is 23.2 Å². The van der Waals surface area contributed by atoms with Crippen molar-refractivity contribution in [3.63, 3.8) is 0 Å². The van der Waals surface area contributed by atoms with Crippen LogP contribution in [0.1, 0.15) is 62.9 Å². The van der Waals surface area contributed by atoms with Crippen LogP contribution in [0.3, 0.4) is 0 Å². The van der Waals surface area contributed by atoms with Gasteiger partial charge < -0.3 is 20.4 Å². The third-order valence-electron chi connectivity index (χ3n) is 10.0. The number of carbonyl (C=O) groups is 1. The minimum Gasteiger partial charge on any atom is -0.353 e. The van der Waals surface area contributed by atoms with Gasteiger partial charge in [0.2, 0.25) is 0 Å². The van der Waals surface area contributed by atoms with Crippen molar-refractivity contribution in [3.05, 3.63) is 59.7 Å². The van der Waals surface area contributed by atoms with E-state index >= 15 is 0 Å². The lowest BCUT2D eigenvalue weighted by molar-refractivity contribution is -0.112. The summed E-state index contributed by atoms with van der Waals surface area (Å²) in [5.74, 6) is 3.27. The van der Waals surface area contributed by atoms with Crippen molar-refractivity contribution in [3.8, 4) is 0 Å². The Balaban J connectivity index is 1.22. The molecule has 38 heavy (non-hydrogen) atoms. The Morgan fingerprint density at radius 2 is 1.84 bits per heavy atom. The van der Waals surface area contributed by atoms with Gasteiger partial charge in [-0.2, -0.15) is 0 Å². The standard InChI is InChI=1S/C32H43N5O/c1-21-20-36(17-15-33-21)31(35-28-19-25-18-27(22(28)2)32(25,3)4)34-26-13-11-24(12-14-26)30(38)37-16-7-9-23-8-5-6-10-29(23)37/h5-6,8,10-14,21-22,25,27-28,33H,7,9,15-20H2,1-4H3,(H,34,35)/t21-,22-,25+,27-,28-/m0/s1. The largest absolute Gasteiger partial charge is 0.353 e. The fourth-order valence-corrected chi connectivity index (χ4v) is 7.53. The number of benzene rings is 2. The van der Waals surface area contributed by atoms with Crippen LogP contribution in [-0.2, 0) is 6.42 Å². The number of nitrogens with one attached hydrogen (secondary N) is 2. The highest BCUT2D eigenvalue weighted by Gasteiger charge is 2.56. The Bertz CT molecular complexity index is 1200. The molecule has 1 saturated heterocycles. The molecule has 2 aromatic carbocycles. The number of piperazine rings is 1. The summed E-state index contributed by atoms with van der Waals surface area (Å²) >= 11 is 0. The Morgan fingerprint density at radius 3 is 2.58 bits per heavy atom. The van der Waals surface area contributed by atoms with Crippen LogP contribution in [0.25, 0.3) is 0 Å². The van der Waals surface area contributed by atoms with E-state index in [1.807, 2.05) is 35.2 Å². The minimum atomic E-state index is 0.0693. The fraction of sp³-hybridized carbons (Fsp3) is 0.562. The molecule has 4 fully saturated rings. The SMILES string of the molecule is C[C@@H]1[C@@H](NC(=Nc2ccc(C(=O)N3CCCc4ccccc43)cc2)N2CCN[C@@H](C)C2)C[C@H]2C[C@@H]1C2(C)C. The van der Waals surface area contributed by atoms with Gasteiger partial charge in [-0.05, 0) is 91.7 Å². The van der Waals surface area contributed by atoms with Crippen LogP contribution in [-0.4, -0.2) is 55.0 Å². The van der Waals surface area contributed by atoms with Gasteiger partial charge >= 0.3 is 0 Å². The molecule has 0 aromatic heterocycles. The maximum absolute atomic E-state index is 13.4. The topological polar surface area (TPSA) is 60.0 Å². The lowest BCUT2D eigenvalue weighted by Gasteiger charge is -2.62. The van der Waals surface area contributed by atoms with E-state index in [9.17, 15) is 4.79 Å². The molecule has 2 aliphatic heterocycles. The Labute approximate surface area is 227 Å². The molecule has 3 aliphatic carbocycles. The fourth-order valence-electron chi connectivity index (χ4n) is 7.53. The molecule has 202 valence electrons. The normalized spacial score (nSPS) is 30.3. The van der Waals surface area contributed by atoms with E-state index in [-0.39, 0.29) is 5.91 Å². The van der Waals surface area contributed by atoms with E-state index in [0.29, 0.717) is 29.0 Å². The second-order valence-electron chi connectivity index (χ2n) is 12.7. The quantitative estimate of drug-likeness (QED) is 0.436. The molecule has 0 radical (unpaired) electrons. The van der Waals surface area contributed by atoms with E-state index in [2.05, 4.69) is 61.4 Å². The van der Waals surface area contributed by atoms with E-state index < -0.39 is 0 Å². The van der Waals surface area contributed by atoms with Gasteiger partial charge in [-0.1, -0.05) is 39.0 Å². The van der Waals surface area contributed by atoms with Crippen LogP contribution in [0.2, 0.25) is 0 Å². The van der Waals surface area contributed by atoms with Crippen molar-refractivity contribution in [2.75, 3.05) is 31.1 Å². The maximum atomic E-state index is 13.4. The number of carbonyl (C=O) groups excluding carboxylic acids is 1. The predicted molar refractivity (Wildman–Crippen MR) is 155 cm³/mol. The number of fused-ring (bicyclic) bond motifs is 3. The number of hydrogen-bond donors (Lipinski definition) is 2. The first kappa shape index (κ1) is 25.4. The van der Waals surface area contributed by atoms with Crippen molar-refractivity contribution in [1.29, 1.82) is 0 Å². The molecular weight excluding hydrogens is 470 g/mol. The molecule has 1 amide bonds. The lowest BCUT2D eigenvalue weighted by atomic mass is 9.45. The summed E-state index contributed by atoms with van der Waals surface area (Å²) in [7, 11) is 0. The lowest BCUT2D eigenvalue weighted by Crippen LogP contribution is -2.63. The van der Waals surface area contributed by atoms with E-state index in [4.69, 9.17) is 4.99 Å². The number of guanidine groups is 1. The zero-order chi connectivity index (χ0) is 26.4. The third-order valence-corrected chi connectivity index (χ3v) is 10.0. The van der Waals surface area contributed by atoms with Crippen LogP contribution in [0.15, 0.2) is 53.5 Å². The molecule has 2 bridgehead atoms. The average molecular weight is 514 g/mol. The Hall–Kier alpha value is -2.86. The summed E-state index contributed by atoms with van der Waals surface area (Å²) < 4.78 is 0. The van der Waals surface area contributed by atoms with Crippen molar-refractivity contribution < 1.29 is 4.79 Å². The highest BCUT2D eigenvalue weighted by molar-refractivity contribution is 6.07. The van der Waals surface area contributed by atoms with Crippen LogP contribution < -0.4 is 15.5 Å². The van der Waals surface area contributed by atoms with E-state index in [1.165, 1.54) is 18.4 Å². The highest BCUT2D eigenvalue weighted by atomic mass is 16.2. The molecule has 3 saturated carbocycles. The smallest absolute Gasteiger partial charge is 0.258 e. The van der Waals surface area contributed by atoms with Crippen molar-refractivity contribution in [2.24, 2.45) is 28.2 Å². The van der Waals surface area contributed by atoms with Gasteiger partial charge in [-0.25, -0.2) is 4.99 Å². The average Bonchev–Trinajstić information content (AvgIpc) is 2.93. The maximum Gasteiger partial charge on any atom is 0.258 e. The van der Waals surface area contributed by atoms with Crippen molar-refractivity contribution >= 4 is 23.2 Å². The zero-order valence-corrected chi connectivity index (χ0v) is 23.4. The van der Waals surface area contributed by atoms with Gasteiger partial charge in [0, 0.05) is 49.5 Å². The first-order chi connectivity index (χ1) is 18.3. The molecule has 5 aliphatic rings. The summed E-state index contributed by atoms with van der Waals surface area (Å²) in [4.78, 5) is 22.9. The van der Waals surface area contributed by atoms with E-state index in [1.54, 1.807) is 0 Å². The number of aryl methyl sites for hydroxylation is 1. The summed E-state index contributed by atoms with van der Waals surface area (Å²) in [5, 5.41) is 7.48. The summed E-state index contributed by atoms with van der Waals surface area (Å²) in [6.07, 6.45) is 4.63. The number of nitrogens with zero attached hydrogens (tertiary/aromatic N) is 3.